The Hall–Kier alpha value is -4.86. The van der Waals surface area contributed by atoms with Crippen molar-refractivity contribution in [1.82, 2.24) is 0 Å². The van der Waals surface area contributed by atoms with Crippen molar-refractivity contribution in [3.05, 3.63) is 146 Å². The normalized spacial score (nSPS) is 19.9. The van der Waals surface area contributed by atoms with Gasteiger partial charge in [-0.15, -0.1) is 0 Å². The fourth-order valence-electron chi connectivity index (χ4n) is 5.93. The van der Waals surface area contributed by atoms with Crippen LogP contribution in [0, 0.1) is 27.8 Å². The molecule has 1 fully saturated rings. The second kappa shape index (κ2) is 16.2. The van der Waals surface area contributed by atoms with Crippen LogP contribution in [0.15, 0.2) is 97.1 Å². The lowest BCUT2D eigenvalue weighted by molar-refractivity contribution is -0.384. The number of halogens is 7. The molecule has 1 saturated heterocycles. The van der Waals surface area contributed by atoms with E-state index in [9.17, 15) is 45.6 Å². The third-order valence-corrected chi connectivity index (χ3v) is 8.67. The summed E-state index contributed by atoms with van der Waals surface area (Å²) >= 11 is 0. The smallest absolute Gasteiger partial charge is 0.416 e. The molecular formula is C37H32F7NO7. The van der Waals surface area contributed by atoms with Crippen molar-refractivity contribution in [2.45, 2.75) is 44.2 Å². The Kier molecular flexibility index (Phi) is 12.0. The molecule has 4 aromatic rings. The minimum atomic E-state index is -5.08. The number of hydrogen-bond acceptors (Lipinski definition) is 7. The van der Waals surface area contributed by atoms with Gasteiger partial charge in [-0.25, -0.2) is 9.18 Å². The third kappa shape index (κ3) is 9.72. The Labute approximate surface area is 293 Å². The number of nitrogens with zero attached hydrogens (tertiary/aromatic N) is 1. The quantitative estimate of drug-likeness (QED) is 0.0619. The number of nitro groups is 1. The van der Waals surface area contributed by atoms with E-state index in [1.54, 1.807) is 0 Å². The summed E-state index contributed by atoms with van der Waals surface area (Å²) in [7, 11) is 0. The molecule has 4 aromatic carbocycles. The first-order valence-electron chi connectivity index (χ1n) is 16.0. The summed E-state index contributed by atoms with van der Waals surface area (Å²) in [6.45, 7) is 1.07. The van der Waals surface area contributed by atoms with Crippen molar-refractivity contribution in [3.63, 3.8) is 0 Å². The molecule has 5 atom stereocenters. The van der Waals surface area contributed by atoms with E-state index < -0.39 is 75.9 Å². The van der Waals surface area contributed by atoms with Gasteiger partial charge >= 0.3 is 18.3 Å². The van der Waals surface area contributed by atoms with Crippen LogP contribution in [-0.4, -0.2) is 37.0 Å². The van der Waals surface area contributed by atoms with E-state index in [4.69, 9.17) is 18.9 Å². The number of esters is 1. The van der Waals surface area contributed by atoms with E-state index in [-0.39, 0.29) is 43.7 Å². The summed E-state index contributed by atoms with van der Waals surface area (Å²) in [5.74, 6) is -3.41. The van der Waals surface area contributed by atoms with Crippen molar-refractivity contribution < 1.29 is 59.4 Å². The number of alkyl halides is 6. The summed E-state index contributed by atoms with van der Waals surface area (Å²) < 4.78 is 120. The van der Waals surface area contributed by atoms with Gasteiger partial charge < -0.3 is 18.9 Å². The van der Waals surface area contributed by atoms with Crippen molar-refractivity contribution in [1.29, 1.82) is 0 Å². The number of nitro benzene ring substituents is 1. The molecule has 15 heteroatoms. The number of benzene rings is 4. The summed E-state index contributed by atoms with van der Waals surface area (Å²) in [5.41, 5.74) is -2.30. The van der Waals surface area contributed by atoms with E-state index in [1.165, 1.54) is 43.3 Å². The van der Waals surface area contributed by atoms with E-state index in [0.717, 1.165) is 17.7 Å². The monoisotopic (exact) mass is 735 g/mol. The molecule has 0 amide bonds. The lowest BCUT2D eigenvalue weighted by Crippen LogP contribution is -2.46. The maximum atomic E-state index is 14.1. The molecule has 0 saturated carbocycles. The molecule has 276 valence electrons. The molecule has 0 bridgehead atoms. The Bertz CT molecular complexity index is 1790. The number of hydrogen-bond donors (Lipinski definition) is 0. The van der Waals surface area contributed by atoms with Crippen molar-refractivity contribution in [3.8, 4) is 0 Å². The molecule has 0 aliphatic carbocycles. The van der Waals surface area contributed by atoms with Gasteiger partial charge in [-0.05, 0) is 66.1 Å². The molecular weight excluding hydrogens is 703 g/mol. The molecule has 0 N–H and O–H groups in total. The predicted octanol–water partition coefficient (Wildman–Crippen LogP) is 9.30. The van der Waals surface area contributed by atoms with Crippen LogP contribution < -0.4 is 0 Å². The summed E-state index contributed by atoms with van der Waals surface area (Å²) in [6, 6.07) is 20.4. The number of carbonyl (C=O) groups excluding carboxylic acids is 1. The van der Waals surface area contributed by atoms with Crippen LogP contribution in [0.5, 0.6) is 0 Å². The summed E-state index contributed by atoms with van der Waals surface area (Å²) in [6.07, 6.45) is -12.8. The molecule has 0 spiro atoms. The molecule has 8 nitrogen and oxygen atoms in total. The largest absolute Gasteiger partial charge is 0.462 e. The van der Waals surface area contributed by atoms with Crippen molar-refractivity contribution in [2.24, 2.45) is 11.8 Å². The maximum absolute atomic E-state index is 14.1. The molecule has 0 aromatic heterocycles. The molecule has 52 heavy (non-hydrogen) atoms. The summed E-state index contributed by atoms with van der Waals surface area (Å²) in [5, 5.41) is 11.0. The number of rotatable bonds is 12. The van der Waals surface area contributed by atoms with E-state index in [0.29, 0.717) is 17.7 Å². The zero-order chi connectivity index (χ0) is 37.6. The first-order valence-corrected chi connectivity index (χ1v) is 16.0. The summed E-state index contributed by atoms with van der Waals surface area (Å²) in [4.78, 5) is 23.3. The highest BCUT2D eigenvalue weighted by atomic mass is 19.4. The highest BCUT2D eigenvalue weighted by molar-refractivity contribution is 5.89. The van der Waals surface area contributed by atoms with E-state index in [1.807, 2.05) is 30.3 Å². The zero-order valence-corrected chi connectivity index (χ0v) is 27.4. The number of carbonyl (C=O) groups is 1. The Balaban J connectivity index is 1.45. The highest BCUT2D eigenvalue weighted by Crippen LogP contribution is 2.43. The maximum Gasteiger partial charge on any atom is 0.416 e. The van der Waals surface area contributed by atoms with Crippen LogP contribution in [-0.2, 0) is 37.9 Å². The van der Waals surface area contributed by atoms with Crippen LogP contribution in [0.2, 0.25) is 0 Å². The van der Waals surface area contributed by atoms with Crippen LogP contribution in [0.4, 0.5) is 36.4 Å². The van der Waals surface area contributed by atoms with Crippen LogP contribution in [0.25, 0.3) is 0 Å². The first-order chi connectivity index (χ1) is 24.6. The molecule has 5 rings (SSSR count). The van der Waals surface area contributed by atoms with Crippen LogP contribution in [0.3, 0.4) is 0 Å². The molecule has 0 unspecified atom stereocenters. The van der Waals surface area contributed by atoms with E-state index >= 15 is 0 Å². The molecule has 1 heterocycles. The predicted molar refractivity (Wildman–Crippen MR) is 171 cm³/mol. The van der Waals surface area contributed by atoms with Crippen LogP contribution >= 0.6 is 0 Å². The topological polar surface area (TPSA) is 97.1 Å². The van der Waals surface area contributed by atoms with Gasteiger partial charge in [0, 0.05) is 29.9 Å². The molecule has 0 radical (unpaired) electrons. The average Bonchev–Trinajstić information content (AvgIpc) is 3.11. The number of ether oxygens (including phenoxy) is 4. The van der Waals surface area contributed by atoms with Gasteiger partial charge in [-0.1, -0.05) is 42.5 Å². The van der Waals surface area contributed by atoms with Gasteiger partial charge in [-0.3, -0.25) is 10.1 Å². The lowest BCUT2D eigenvalue weighted by Gasteiger charge is -2.43. The van der Waals surface area contributed by atoms with Crippen molar-refractivity contribution >= 4 is 11.7 Å². The standard InChI is InChI=1S/C37H32F7NO7/c1-22(26-15-28(36(39,40)41)17-29(16-26)37(42,43)44)52-35-33(24-7-11-30(38)12-8-24)32(21-49-18-23-5-3-2-4-6-23)27(20-51-35)19-50-34(46)25-9-13-31(14-10-25)45(47)48/h2-17,22,27,32-33,35H,18-21H2,1H3/t22-,27+,32-,33+,35-/m1/s1. The minimum absolute atomic E-state index is 0.00390. The van der Waals surface area contributed by atoms with Gasteiger partial charge in [0.05, 0.1) is 54.1 Å². The first kappa shape index (κ1) is 38.4. The zero-order valence-electron chi connectivity index (χ0n) is 27.4. The molecule has 1 aliphatic heterocycles. The van der Waals surface area contributed by atoms with Gasteiger partial charge in [0.2, 0.25) is 0 Å². The van der Waals surface area contributed by atoms with Gasteiger partial charge in [0.15, 0.2) is 6.29 Å². The molecule has 1 aliphatic rings. The van der Waals surface area contributed by atoms with Gasteiger partial charge in [0.25, 0.3) is 5.69 Å². The van der Waals surface area contributed by atoms with Gasteiger partial charge in [-0.2, -0.15) is 26.3 Å². The van der Waals surface area contributed by atoms with E-state index in [2.05, 4.69) is 0 Å². The number of non-ortho nitro benzene ring substituents is 1. The fraction of sp³-hybridized carbons (Fsp3) is 0.324. The second-order valence-electron chi connectivity index (χ2n) is 12.2. The SMILES string of the molecule is C[C@@H](O[C@H]1OC[C@H](COC(=O)c2ccc([N+](=O)[O-])cc2)[C@@H](COCc2ccccc2)[C@@H]1c1ccc(F)cc1)c1cc(C(F)(F)F)cc(C(F)(F)F)c1. The van der Waals surface area contributed by atoms with Crippen molar-refractivity contribution in [2.75, 3.05) is 19.8 Å². The Morgan fingerprint density at radius 1 is 0.885 bits per heavy atom. The van der Waals surface area contributed by atoms with Crippen LogP contribution in [0.1, 0.15) is 57.1 Å². The third-order valence-electron chi connectivity index (χ3n) is 8.67. The Morgan fingerprint density at radius 3 is 2.08 bits per heavy atom. The fourth-order valence-corrected chi connectivity index (χ4v) is 5.93. The second-order valence-corrected chi connectivity index (χ2v) is 12.2. The van der Waals surface area contributed by atoms with Gasteiger partial charge in [0.1, 0.15) is 5.82 Å². The minimum Gasteiger partial charge on any atom is -0.462 e. The highest BCUT2D eigenvalue weighted by Gasteiger charge is 2.44. The Morgan fingerprint density at radius 2 is 1.50 bits per heavy atom. The average molecular weight is 736 g/mol. The lowest BCUT2D eigenvalue weighted by atomic mass is 9.76.